The Morgan fingerprint density at radius 3 is 2.55 bits per heavy atom. The Morgan fingerprint density at radius 1 is 1.15 bits per heavy atom. The molecule has 0 atom stereocenters. The number of aromatic hydroxyl groups is 1. The van der Waals surface area contributed by atoms with Crippen LogP contribution in [0.15, 0.2) is 48.0 Å². The number of methoxy groups -OCH3 is 1. The third-order valence-electron chi connectivity index (χ3n) is 3.49. The van der Waals surface area contributed by atoms with E-state index < -0.39 is 0 Å². The molecule has 0 radical (unpaired) electrons. The number of carbonyl (C=O) groups is 1. The normalized spacial score (nSPS) is 15.4. The van der Waals surface area contributed by atoms with E-state index in [0.717, 1.165) is 16.9 Å². The number of fused-ring (bicyclic) bond motifs is 1. The largest absolute Gasteiger partial charge is 0.507 e. The van der Waals surface area contributed by atoms with Crippen molar-refractivity contribution in [1.82, 2.24) is 0 Å². The van der Waals surface area contributed by atoms with Gasteiger partial charge in [-0.3, -0.25) is 4.79 Å². The zero-order chi connectivity index (χ0) is 14.1. The molecule has 2 aromatic carbocycles. The molecule has 2 aromatic rings. The zero-order valence-corrected chi connectivity index (χ0v) is 11.1. The van der Waals surface area contributed by atoms with Crippen LogP contribution in [0.1, 0.15) is 21.5 Å². The number of ketones is 1. The van der Waals surface area contributed by atoms with E-state index in [1.807, 2.05) is 36.4 Å². The topological polar surface area (TPSA) is 46.5 Å². The smallest absolute Gasteiger partial charge is 0.193 e. The summed E-state index contributed by atoms with van der Waals surface area (Å²) < 4.78 is 5.11. The first-order valence-corrected chi connectivity index (χ1v) is 6.39. The summed E-state index contributed by atoms with van der Waals surface area (Å²) in [6, 6.07) is 12.7. The second-order valence-electron chi connectivity index (χ2n) is 4.76. The van der Waals surface area contributed by atoms with Crippen molar-refractivity contribution < 1.29 is 14.6 Å². The van der Waals surface area contributed by atoms with Gasteiger partial charge in [0.25, 0.3) is 0 Å². The first kappa shape index (κ1) is 12.5. The van der Waals surface area contributed by atoms with Gasteiger partial charge in [-0.2, -0.15) is 0 Å². The minimum atomic E-state index is -0.0890. The van der Waals surface area contributed by atoms with Crippen LogP contribution in [0.2, 0.25) is 0 Å². The number of carbonyl (C=O) groups excluding carboxylic acids is 1. The zero-order valence-electron chi connectivity index (χ0n) is 11.1. The van der Waals surface area contributed by atoms with Crippen LogP contribution in [0.4, 0.5) is 0 Å². The number of benzene rings is 2. The highest BCUT2D eigenvalue weighted by molar-refractivity contribution is 6.17. The maximum absolute atomic E-state index is 12.3. The average molecular weight is 266 g/mol. The fourth-order valence-electron chi connectivity index (χ4n) is 2.46. The summed E-state index contributed by atoms with van der Waals surface area (Å²) in [5, 5.41) is 9.79. The maximum Gasteiger partial charge on any atom is 0.193 e. The van der Waals surface area contributed by atoms with Gasteiger partial charge in [0.05, 0.1) is 12.7 Å². The molecular formula is C17H14O3. The summed E-state index contributed by atoms with van der Waals surface area (Å²) in [7, 11) is 1.62. The molecule has 0 saturated heterocycles. The van der Waals surface area contributed by atoms with Crippen LogP contribution in [0.3, 0.4) is 0 Å². The van der Waals surface area contributed by atoms with E-state index >= 15 is 0 Å². The number of Topliss-reactive ketones (excluding diaryl/α,β-unsaturated/α-hetero) is 1. The van der Waals surface area contributed by atoms with Gasteiger partial charge in [-0.1, -0.05) is 24.3 Å². The monoisotopic (exact) mass is 266 g/mol. The van der Waals surface area contributed by atoms with Crippen LogP contribution in [0.25, 0.3) is 6.08 Å². The first-order chi connectivity index (χ1) is 9.69. The predicted molar refractivity (Wildman–Crippen MR) is 77.1 cm³/mol. The molecule has 0 spiro atoms. The van der Waals surface area contributed by atoms with Crippen LogP contribution < -0.4 is 4.74 Å². The number of hydrogen-bond donors (Lipinski definition) is 1. The van der Waals surface area contributed by atoms with Crippen LogP contribution >= 0.6 is 0 Å². The second-order valence-corrected chi connectivity index (χ2v) is 4.76. The Bertz CT molecular complexity index is 697. The molecule has 3 nitrogen and oxygen atoms in total. The summed E-state index contributed by atoms with van der Waals surface area (Å²) in [5.41, 5.74) is 2.97. The predicted octanol–water partition coefficient (Wildman–Crippen LogP) is 3.22. The lowest BCUT2D eigenvalue weighted by atomic mass is 10.1. The Morgan fingerprint density at radius 2 is 1.90 bits per heavy atom. The lowest BCUT2D eigenvalue weighted by Gasteiger charge is -2.00. The molecule has 3 rings (SSSR count). The molecule has 0 amide bonds. The van der Waals surface area contributed by atoms with Crippen LogP contribution in [-0.2, 0) is 6.42 Å². The van der Waals surface area contributed by atoms with Crippen molar-refractivity contribution in [2.24, 2.45) is 0 Å². The third kappa shape index (κ3) is 2.07. The Kier molecular flexibility index (Phi) is 3.03. The number of phenolic OH excluding ortho intramolecular Hbond substituents is 1. The van der Waals surface area contributed by atoms with Crippen LogP contribution in [-0.4, -0.2) is 18.0 Å². The minimum absolute atomic E-state index is 0.0608. The van der Waals surface area contributed by atoms with Crippen molar-refractivity contribution in [3.05, 3.63) is 64.7 Å². The Hall–Kier alpha value is -2.55. The standard InChI is InChI=1S/C17H14O3/c1-20-14-7-5-11(6-8-14)9-13-10-12-3-2-4-15(18)16(12)17(13)19/h2-9,18H,10H2,1H3/b13-9+. The fourth-order valence-corrected chi connectivity index (χ4v) is 2.46. The summed E-state index contributed by atoms with van der Waals surface area (Å²) in [6.07, 6.45) is 2.43. The molecule has 20 heavy (non-hydrogen) atoms. The number of allylic oxidation sites excluding steroid dienone is 1. The molecule has 0 bridgehead atoms. The van der Waals surface area contributed by atoms with Gasteiger partial charge in [-0.15, -0.1) is 0 Å². The minimum Gasteiger partial charge on any atom is -0.507 e. The molecule has 1 aliphatic carbocycles. The molecule has 1 N–H and O–H groups in total. The van der Waals surface area contributed by atoms with Gasteiger partial charge in [0.1, 0.15) is 11.5 Å². The molecule has 0 saturated carbocycles. The molecule has 0 aromatic heterocycles. The van der Waals surface area contributed by atoms with Gasteiger partial charge in [-0.05, 0) is 35.4 Å². The summed E-state index contributed by atoms with van der Waals surface area (Å²) in [6.45, 7) is 0. The lowest BCUT2D eigenvalue weighted by Crippen LogP contribution is -1.95. The molecule has 0 aliphatic heterocycles. The van der Waals surface area contributed by atoms with Crippen LogP contribution in [0.5, 0.6) is 11.5 Å². The average Bonchev–Trinajstić information content (AvgIpc) is 2.78. The molecular weight excluding hydrogens is 252 g/mol. The molecule has 0 fully saturated rings. The van der Waals surface area contributed by atoms with E-state index in [2.05, 4.69) is 0 Å². The van der Waals surface area contributed by atoms with Crippen molar-refractivity contribution in [2.75, 3.05) is 7.11 Å². The van der Waals surface area contributed by atoms with Crippen molar-refractivity contribution in [3.63, 3.8) is 0 Å². The van der Waals surface area contributed by atoms with Crippen molar-refractivity contribution in [3.8, 4) is 11.5 Å². The van der Waals surface area contributed by atoms with E-state index in [1.165, 1.54) is 0 Å². The van der Waals surface area contributed by atoms with E-state index in [4.69, 9.17) is 4.74 Å². The molecule has 1 aliphatic rings. The van der Waals surface area contributed by atoms with Crippen molar-refractivity contribution in [1.29, 1.82) is 0 Å². The van der Waals surface area contributed by atoms with Gasteiger partial charge < -0.3 is 9.84 Å². The van der Waals surface area contributed by atoms with E-state index in [-0.39, 0.29) is 11.5 Å². The molecule has 3 heteroatoms. The van der Waals surface area contributed by atoms with E-state index in [0.29, 0.717) is 17.6 Å². The van der Waals surface area contributed by atoms with Gasteiger partial charge in [-0.25, -0.2) is 0 Å². The van der Waals surface area contributed by atoms with Gasteiger partial charge in [0.15, 0.2) is 5.78 Å². The van der Waals surface area contributed by atoms with Gasteiger partial charge in [0.2, 0.25) is 0 Å². The summed E-state index contributed by atoms with van der Waals surface area (Å²) in [4.78, 5) is 12.3. The summed E-state index contributed by atoms with van der Waals surface area (Å²) >= 11 is 0. The summed E-state index contributed by atoms with van der Waals surface area (Å²) in [5.74, 6) is 0.755. The Balaban J connectivity index is 1.95. The quantitative estimate of drug-likeness (QED) is 0.849. The highest BCUT2D eigenvalue weighted by atomic mass is 16.5. The highest BCUT2D eigenvalue weighted by Crippen LogP contribution is 2.33. The van der Waals surface area contributed by atoms with Crippen molar-refractivity contribution in [2.45, 2.75) is 6.42 Å². The maximum atomic E-state index is 12.3. The van der Waals surface area contributed by atoms with Crippen LogP contribution in [0, 0.1) is 0 Å². The third-order valence-corrected chi connectivity index (χ3v) is 3.49. The lowest BCUT2D eigenvalue weighted by molar-refractivity contribution is 0.103. The van der Waals surface area contributed by atoms with Gasteiger partial charge in [0, 0.05) is 12.0 Å². The second kappa shape index (κ2) is 4.85. The number of phenols is 1. The number of ether oxygens (including phenoxy) is 1. The van der Waals surface area contributed by atoms with E-state index in [1.54, 1.807) is 19.2 Å². The molecule has 0 unspecified atom stereocenters. The molecule has 100 valence electrons. The highest BCUT2D eigenvalue weighted by Gasteiger charge is 2.27. The number of rotatable bonds is 2. The SMILES string of the molecule is COc1ccc(/C=C2\Cc3cccc(O)c3C2=O)cc1. The Labute approximate surface area is 117 Å². The first-order valence-electron chi connectivity index (χ1n) is 6.39. The fraction of sp³-hybridized carbons (Fsp3) is 0.118. The number of hydrogen-bond acceptors (Lipinski definition) is 3. The van der Waals surface area contributed by atoms with Gasteiger partial charge >= 0.3 is 0 Å². The van der Waals surface area contributed by atoms with E-state index in [9.17, 15) is 9.90 Å². The van der Waals surface area contributed by atoms with Crippen molar-refractivity contribution >= 4 is 11.9 Å². The molecule has 0 heterocycles.